The normalized spacial score (nSPS) is 11.2. The van der Waals surface area contributed by atoms with Gasteiger partial charge in [0.1, 0.15) is 0 Å². The molecule has 24 heavy (non-hydrogen) atoms. The number of nitrogens with zero attached hydrogens (tertiary/aromatic N) is 1. The van der Waals surface area contributed by atoms with E-state index in [1.807, 2.05) is 38.1 Å². The number of nitrogens with one attached hydrogen (secondary N) is 3. The Hall–Kier alpha value is -2.08. The third-order valence-electron chi connectivity index (χ3n) is 3.27. The highest BCUT2D eigenvalue weighted by Crippen LogP contribution is 2.12. The summed E-state index contributed by atoms with van der Waals surface area (Å²) < 4.78 is 5.04. The highest BCUT2D eigenvalue weighted by atomic mass is 16.5. The average molecular weight is 334 g/mol. The van der Waals surface area contributed by atoms with Crippen LogP contribution in [-0.4, -0.2) is 38.7 Å². The molecule has 0 aliphatic carbocycles. The van der Waals surface area contributed by atoms with Crippen molar-refractivity contribution in [3.8, 4) is 0 Å². The van der Waals surface area contributed by atoms with Crippen molar-refractivity contribution >= 4 is 17.6 Å². The molecule has 0 atom stereocenters. The van der Waals surface area contributed by atoms with Gasteiger partial charge in [-0.3, -0.25) is 4.79 Å². The van der Waals surface area contributed by atoms with Crippen LogP contribution in [0.4, 0.5) is 5.69 Å². The lowest BCUT2D eigenvalue weighted by atomic mass is 10.2. The Morgan fingerprint density at radius 1 is 1.25 bits per heavy atom. The van der Waals surface area contributed by atoms with E-state index in [0.717, 1.165) is 49.7 Å². The van der Waals surface area contributed by atoms with Crippen molar-refractivity contribution in [1.29, 1.82) is 0 Å². The molecule has 0 bridgehead atoms. The second kappa shape index (κ2) is 12.4. The van der Waals surface area contributed by atoms with Crippen molar-refractivity contribution in [3.63, 3.8) is 0 Å². The summed E-state index contributed by atoms with van der Waals surface area (Å²) in [4.78, 5) is 16.3. The Bertz CT molecular complexity index is 517. The number of guanidine groups is 1. The third-order valence-corrected chi connectivity index (χ3v) is 3.27. The molecule has 1 rings (SSSR count). The summed E-state index contributed by atoms with van der Waals surface area (Å²) in [5, 5.41) is 9.41. The average Bonchev–Trinajstić information content (AvgIpc) is 2.57. The first-order valence-electron chi connectivity index (χ1n) is 8.59. The number of hydrogen-bond acceptors (Lipinski definition) is 3. The number of anilines is 1. The van der Waals surface area contributed by atoms with Crippen molar-refractivity contribution in [1.82, 2.24) is 10.6 Å². The van der Waals surface area contributed by atoms with Gasteiger partial charge in [0.25, 0.3) is 0 Å². The number of carbonyl (C=O) groups is 1. The Morgan fingerprint density at radius 2 is 2.08 bits per heavy atom. The van der Waals surface area contributed by atoms with Gasteiger partial charge < -0.3 is 20.7 Å². The van der Waals surface area contributed by atoms with E-state index in [4.69, 9.17) is 4.74 Å². The molecular weight excluding hydrogens is 304 g/mol. The van der Waals surface area contributed by atoms with E-state index in [0.29, 0.717) is 13.0 Å². The van der Waals surface area contributed by atoms with E-state index < -0.39 is 0 Å². The maximum Gasteiger partial charge on any atom is 0.224 e. The van der Waals surface area contributed by atoms with Crippen molar-refractivity contribution in [3.05, 3.63) is 29.8 Å². The van der Waals surface area contributed by atoms with Crippen molar-refractivity contribution in [2.75, 3.05) is 32.1 Å². The lowest BCUT2D eigenvalue weighted by molar-refractivity contribution is -0.116. The van der Waals surface area contributed by atoms with E-state index in [9.17, 15) is 4.79 Å². The summed E-state index contributed by atoms with van der Waals surface area (Å²) in [6.45, 7) is 6.93. The molecule has 6 heteroatoms. The summed E-state index contributed by atoms with van der Waals surface area (Å²) in [5.41, 5.74) is 1.87. The molecule has 0 aliphatic rings. The number of carbonyl (C=O) groups excluding carboxylic acids is 1. The fraction of sp³-hybridized carbons (Fsp3) is 0.556. The van der Waals surface area contributed by atoms with Crippen LogP contribution in [0.15, 0.2) is 29.3 Å². The van der Waals surface area contributed by atoms with Gasteiger partial charge in [-0.25, -0.2) is 4.99 Å². The number of ether oxygens (including phenoxy) is 1. The van der Waals surface area contributed by atoms with Crippen LogP contribution in [0.3, 0.4) is 0 Å². The van der Waals surface area contributed by atoms with Crippen molar-refractivity contribution in [2.24, 2.45) is 4.99 Å². The molecule has 0 aliphatic heterocycles. The lowest BCUT2D eigenvalue weighted by Crippen LogP contribution is -2.38. The number of aliphatic imine (C=N–C) groups is 1. The smallest absolute Gasteiger partial charge is 0.224 e. The molecule has 0 spiro atoms. The van der Waals surface area contributed by atoms with Crippen LogP contribution in [0.5, 0.6) is 0 Å². The molecule has 3 N–H and O–H groups in total. The number of hydrogen-bond donors (Lipinski definition) is 3. The standard InChI is InChI=1S/C18H30N4O2/c1-4-8-17(23)22-16-10-6-9-15(13-16)14-21-18(19-5-2)20-11-7-12-24-3/h6,9-10,13H,4-5,7-8,11-12,14H2,1-3H3,(H,22,23)(H2,19,20,21). The molecule has 0 fully saturated rings. The van der Waals surface area contributed by atoms with Gasteiger partial charge in [0.05, 0.1) is 6.54 Å². The zero-order valence-electron chi connectivity index (χ0n) is 15.0. The highest BCUT2D eigenvalue weighted by Gasteiger charge is 2.02. The molecule has 134 valence electrons. The molecule has 0 radical (unpaired) electrons. The minimum Gasteiger partial charge on any atom is -0.385 e. The van der Waals surface area contributed by atoms with Crippen LogP contribution >= 0.6 is 0 Å². The summed E-state index contributed by atoms with van der Waals surface area (Å²) >= 11 is 0. The largest absolute Gasteiger partial charge is 0.385 e. The molecule has 0 saturated heterocycles. The van der Waals surface area contributed by atoms with E-state index in [1.165, 1.54) is 0 Å². The van der Waals surface area contributed by atoms with Gasteiger partial charge in [0.2, 0.25) is 5.91 Å². The van der Waals surface area contributed by atoms with E-state index in [2.05, 4.69) is 20.9 Å². The number of methoxy groups -OCH3 is 1. The zero-order valence-corrected chi connectivity index (χ0v) is 15.0. The van der Waals surface area contributed by atoms with E-state index in [1.54, 1.807) is 7.11 Å². The zero-order chi connectivity index (χ0) is 17.6. The summed E-state index contributed by atoms with van der Waals surface area (Å²) in [6, 6.07) is 7.80. The quantitative estimate of drug-likeness (QED) is 0.349. The molecule has 1 amide bonds. The fourth-order valence-electron chi connectivity index (χ4n) is 2.13. The maximum atomic E-state index is 11.7. The van der Waals surface area contributed by atoms with Crippen LogP contribution in [-0.2, 0) is 16.1 Å². The first kappa shape index (κ1) is 20.0. The van der Waals surface area contributed by atoms with Crippen molar-refractivity contribution in [2.45, 2.75) is 39.7 Å². The molecular formula is C18H30N4O2. The van der Waals surface area contributed by atoms with Gasteiger partial charge in [0, 0.05) is 38.9 Å². The fourth-order valence-corrected chi connectivity index (χ4v) is 2.13. The topological polar surface area (TPSA) is 74.8 Å². The number of benzene rings is 1. The number of amides is 1. The van der Waals surface area contributed by atoms with Crippen LogP contribution < -0.4 is 16.0 Å². The predicted octanol–water partition coefficient (Wildman–Crippen LogP) is 2.52. The Kier molecular flexibility index (Phi) is 10.3. The Labute approximate surface area is 145 Å². The molecule has 0 heterocycles. The van der Waals surface area contributed by atoms with Gasteiger partial charge >= 0.3 is 0 Å². The third kappa shape index (κ3) is 8.53. The van der Waals surface area contributed by atoms with Gasteiger partial charge in [-0.2, -0.15) is 0 Å². The molecule has 0 unspecified atom stereocenters. The van der Waals surface area contributed by atoms with Gasteiger partial charge in [-0.15, -0.1) is 0 Å². The molecule has 1 aromatic carbocycles. The van der Waals surface area contributed by atoms with E-state index >= 15 is 0 Å². The number of rotatable bonds is 10. The first-order valence-corrected chi connectivity index (χ1v) is 8.59. The Balaban J connectivity index is 2.59. The van der Waals surface area contributed by atoms with Crippen molar-refractivity contribution < 1.29 is 9.53 Å². The van der Waals surface area contributed by atoms with Gasteiger partial charge in [-0.1, -0.05) is 19.1 Å². The monoisotopic (exact) mass is 334 g/mol. The van der Waals surface area contributed by atoms with Crippen LogP contribution in [0.1, 0.15) is 38.7 Å². The summed E-state index contributed by atoms with van der Waals surface area (Å²) in [5.74, 6) is 0.834. The predicted molar refractivity (Wildman–Crippen MR) is 99.3 cm³/mol. The van der Waals surface area contributed by atoms with Crippen LogP contribution in [0.2, 0.25) is 0 Å². The second-order valence-electron chi connectivity index (χ2n) is 5.47. The van der Waals surface area contributed by atoms with Crippen LogP contribution in [0, 0.1) is 0 Å². The minimum atomic E-state index is 0.0475. The van der Waals surface area contributed by atoms with Gasteiger partial charge in [-0.05, 0) is 37.5 Å². The van der Waals surface area contributed by atoms with Gasteiger partial charge in [0.15, 0.2) is 5.96 Å². The highest BCUT2D eigenvalue weighted by molar-refractivity contribution is 5.90. The minimum absolute atomic E-state index is 0.0475. The molecule has 1 aromatic rings. The molecule has 6 nitrogen and oxygen atoms in total. The lowest BCUT2D eigenvalue weighted by Gasteiger charge is -2.11. The summed E-state index contributed by atoms with van der Waals surface area (Å²) in [6.07, 6.45) is 2.31. The Morgan fingerprint density at radius 3 is 2.79 bits per heavy atom. The maximum absolute atomic E-state index is 11.7. The van der Waals surface area contributed by atoms with Crippen LogP contribution in [0.25, 0.3) is 0 Å². The second-order valence-corrected chi connectivity index (χ2v) is 5.47. The molecule has 0 saturated carbocycles. The SMILES string of the molecule is CCCC(=O)Nc1cccc(CN=C(NCC)NCCCOC)c1. The van der Waals surface area contributed by atoms with E-state index in [-0.39, 0.29) is 5.91 Å². The summed E-state index contributed by atoms with van der Waals surface area (Å²) in [7, 11) is 1.70. The first-order chi connectivity index (χ1) is 11.7. The molecule has 0 aromatic heterocycles.